The zero-order valence-corrected chi connectivity index (χ0v) is 11.7. The molecule has 0 aliphatic carbocycles. The molecule has 0 unspecified atom stereocenters. The van der Waals surface area contributed by atoms with E-state index in [1.807, 2.05) is 12.1 Å². The molecule has 110 valence electrons. The van der Waals surface area contributed by atoms with Crippen LogP contribution in [-0.2, 0) is 0 Å². The van der Waals surface area contributed by atoms with Gasteiger partial charge in [-0.1, -0.05) is 0 Å². The Morgan fingerprint density at radius 1 is 1.09 bits per heavy atom. The Hall–Kier alpha value is -2.82. The van der Waals surface area contributed by atoms with Gasteiger partial charge < -0.3 is 4.98 Å². The first-order chi connectivity index (χ1) is 10.6. The zero-order valence-electron chi connectivity index (χ0n) is 11.7. The molecule has 1 aromatic carbocycles. The number of ketones is 2. The highest BCUT2D eigenvalue weighted by Crippen LogP contribution is 2.17. The first kappa shape index (κ1) is 14.1. The molecule has 0 saturated carbocycles. The summed E-state index contributed by atoms with van der Waals surface area (Å²) in [5.74, 6) is -1.27. The topological polar surface area (TPSA) is 62.8 Å². The van der Waals surface area contributed by atoms with Crippen LogP contribution in [0.3, 0.4) is 0 Å². The molecule has 0 aliphatic heterocycles. The largest absolute Gasteiger partial charge is 0.361 e. The van der Waals surface area contributed by atoms with Gasteiger partial charge in [-0.2, -0.15) is 0 Å². The third kappa shape index (κ3) is 2.79. The van der Waals surface area contributed by atoms with E-state index in [4.69, 9.17) is 0 Å². The van der Waals surface area contributed by atoms with Crippen LogP contribution in [-0.4, -0.2) is 21.5 Å². The maximum Gasteiger partial charge on any atom is 0.184 e. The molecule has 0 saturated heterocycles. The number of carbonyl (C=O) groups is 2. The van der Waals surface area contributed by atoms with E-state index in [0.717, 1.165) is 10.9 Å². The van der Waals surface area contributed by atoms with E-state index in [2.05, 4.69) is 9.97 Å². The normalized spacial score (nSPS) is 10.8. The minimum Gasteiger partial charge on any atom is -0.361 e. The number of hydrogen-bond acceptors (Lipinski definition) is 3. The van der Waals surface area contributed by atoms with Crippen molar-refractivity contribution in [2.45, 2.75) is 12.8 Å². The third-order valence-electron chi connectivity index (χ3n) is 3.48. The highest BCUT2D eigenvalue weighted by Gasteiger charge is 2.15. The highest BCUT2D eigenvalue weighted by atomic mass is 19.1. The Morgan fingerprint density at radius 2 is 1.91 bits per heavy atom. The summed E-state index contributed by atoms with van der Waals surface area (Å²) >= 11 is 0. The summed E-state index contributed by atoms with van der Waals surface area (Å²) in [7, 11) is 0. The lowest BCUT2D eigenvalue weighted by Gasteiger charge is -2.02. The van der Waals surface area contributed by atoms with Gasteiger partial charge in [0, 0.05) is 41.7 Å². The summed E-state index contributed by atoms with van der Waals surface area (Å²) in [5, 5.41) is 0.938. The van der Waals surface area contributed by atoms with Crippen LogP contribution in [0.1, 0.15) is 33.7 Å². The number of aromatic amines is 1. The number of hydrogen-bond donors (Lipinski definition) is 1. The smallest absolute Gasteiger partial charge is 0.184 e. The monoisotopic (exact) mass is 296 g/mol. The third-order valence-corrected chi connectivity index (χ3v) is 3.48. The maximum atomic E-state index is 13.5. The molecule has 0 aliphatic rings. The van der Waals surface area contributed by atoms with E-state index < -0.39 is 11.6 Å². The summed E-state index contributed by atoms with van der Waals surface area (Å²) in [6.07, 6.45) is 3.13. The van der Waals surface area contributed by atoms with Crippen LogP contribution >= 0.6 is 0 Å². The standard InChI is InChI=1S/C17H13FN2O2/c18-13-2-1-8-20-17(13)16(22)6-5-15(21)12-3-4-14-11(10-12)7-9-19-14/h1-4,7-10,19H,5-6H2. The minimum atomic E-state index is -0.659. The molecule has 2 heterocycles. The fraction of sp³-hybridized carbons (Fsp3) is 0.118. The van der Waals surface area contributed by atoms with E-state index in [0.29, 0.717) is 5.56 Å². The SMILES string of the molecule is O=C(CCC(=O)c1ncccc1F)c1ccc2[nH]ccc2c1. The number of rotatable bonds is 5. The van der Waals surface area contributed by atoms with E-state index in [-0.39, 0.29) is 24.3 Å². The van der Waals surface area contributed by atoms with Crippen LogP contribution in [0.4, 0.5) is 4.39 Å². The van der Waals surface area contributed by atoms with E-state index in [9.17, 15) is 14.0 Å². The molecular weight excluding hydrogens is 283 g/mol. The van der Waals surface area contributed by atoms with Crippen molar-refractivity contribution in [2.75, 3.05) is 0 Å². The van der Waals surface area contributed by atoms with Gasteiger partial charge in [-0.15, -0.1) is 0 Å². The molecule has 0 fully saturated rings. The molecule has 22 heavy (non-hydrogen) atoms. The van der Waals surface area contributed by atoms with Gasteiger partial charge in [0.15, 0.2) is 17.4 Å². The van der Waals surface area contributed by atoms with E-state index in [1.54, 1.807) is 18.3 Å². The number of halogens is 1. The van der Waals surface area contributed by atoms with Gasteiger partial charge >= 0.3 is 0 Å². The molecule has 1 N–H and O–H groups in total. The molecule has 2 aromatic heterocycles. The van der Waals surface area contributed by atoms with Crippen LogP contribution in [0.25, 0.3) is 10.9 Å². The first-order valence-electron chi connectivity index (χ1n) is 6.89. The van der Waals surface area contributed by atoms with Crippen LogP contribution in [0, 0.1) is 5.82 Å². The number of pyridine rings is 1. The quantitative estimate of drug-likeness (QED) is 0.732. The molecule has 0 bridgehead atoms. The summed E-state index contributed by atoms with van der Waals surface area (Å²) in [4.78, 5) is 30.8. The van der Waals surface area contributed by atoms with Gasteiger partial charge in [0.2, 0.25) is 0 Å². The Kier molecular flexibility index (Phi) is 3.78. The predicted octanol–water partition coefficient (Wildman–Crippen LogP) is 3.55. The molecule has 4 nitrogen and oxygen atoms in total. The second-order valence-corrected chi connectivity index (χ2v) is 4.96. The second-order valence-electron chi connectivity index (χ2n) is 4.96. The Bertz CT molecular complexity index is 854. The number of H-pyrrole nitrogens is 1. The summed E-state index contributed by atoms with van der Waals surface area (Å²) in [5.41, 5.74) is 1.28. The van der Waals surface area contributed by atoms with Gasteiger partial charge in [0.1, 0.15) is 5.69 Å². The van der Waals surface area contributed by atoms with Gasteiger partial charge in [0.25, 0.3) is 0 Å². The van der Waals surface area contributed by atoms with Crippen molar-refractivity contribution in [3.8, 4) is 0 Å². The molecule has 0 radical (unpaired) electrons. The average Bonchev–Trinajstić information content (AvgIpc) is 3.00. The van der Waals surface area contributed by atoms with Crippen molar-refractivity contribution >= 4 is 22.5 Å². The van der Waals surface area contributed by atoms with Crippen molar-refractivity contribution in [1.82, 2.24) is 9.97 Å². The molecule has 3 rings (SSSR count). The van der Waals surface area contributed by atoms with Crippen molar-refractivity contribution in [1.29, 1.82) is 0 Å². The summed E-state index contributed by atoms with van der Waals surface area (Å²) < 4.78 is 13.5. The Balaban J connectivity index is 1.69. The number of nitrogens with zero attached hydrogens (tertiary/aromatic N) is 1. The number of Topliss-reactive ketones (excluding diaryl/α,β-unsaturated/α-hetero) is 2. The lowest BCUT2D eigenvalue weighted by Crippen LogP contribution is -2.08. The van der Waals surface area contributed by atoms with Crippen molar-refractivity contribution < 1.29 is 14.0 Å². The molecule has 0 amide bonds. The summed E-state index contributed by atoms with van der Waals surface area (Å²) in [6, 6.07) is 9.79. The molecule has 5 heteroatoms. The maximum absolute atomic E-state index is 13.5. The summed E-state index contributed by atoms with van der Waals surface area (Å²) in [6.45, 7) is 0. The second kappa shape index (κ2) is 5.89. The van der Waals surface area contributed by atoms with Crippen LogP contribution in [0.15, 0.2) is 48.8 Å². The number of nitrogens with one attached hydrogen (secondary N) is 1. The van der Waals surface area contributed by atoms with Gasteiger partial charge in [-0.05, 0) is 36.4 Å². The lowest BCUT2D eigenvalue weighted by molar-refractivity contribution is 0.0912. The number of carbonyl (C=O) groups excluding carboxylic acids is 2. The van der Waals surface area contributed by atoms with Gasteiger partial charge in [-0.25, -0.2) is 4.39 Å². The van der Waals surface area contributed by atoms with E-state index >= 15 is 0 Å². The van der Waals surface area contributed by atoms with Crippen molar-refractivity contribution in [3.05, 3.63) is 65.9 Å². The average molecular weight is 296 g/mol. The lowest BCUT2D eigenvalue weighted by atomic mass is 10.0. The number of fused-ring (bicyclic) bond motifs is 1. The molecule has 3 aromatic rings. The van der Waals surface area contributed by atoms with Gasteiger partial charge in [0.05, 0.1) is 0 Å². The van der Waals surface area contributed by atoms with Crippen molar-refractivity contribution in [3.63, 3.8) is 0 Å². The minimum absolute atomic E-state index is 0.0325. The first-order valence-corrected chi connectivity index (χ1v) is 6.89. The van der Waals surface area contributed by atoms with Crippen LogP contribution in [0.2, 0.25) is 0 Å². The molecule has 0 atom stereocenters. The zero-order chi connectivity index (χ0) is 15.5. The number of benzene rings is 1. The molecule has 0 spiro atoms. The van der Waals surface area contributed by atoms with E-state index in [1.165, 1.54) is 18.3 Å². The highest BCUT2D eigenvalue weighted by molar-refractivity contribution is 6.03. The van der Waals surface area contributed by atoms with Crippen molar-refractivity contribution in [2.24, 2.45) is 0 Å². The van der Waals surface area contributed by atoms with Crippen LogP contribution < -0.4 is 0 Å². The van der Waals surface area contributed by atoms with Crippen LogP contribution in [0.5, 0.6) is 0 Å². The Labute approximate surface area is 126 Å². The fourth-order valence-corrected chi connectivity index (χ4v) is 2.31. The Morgan fingerprint density at radius 3 is 2.73 bits per heavy atom. The molecular formula is C17H13FN2O2. The van der Waals surface area contributed by atoms with Gasteiger partial charge in [-0.3, -0.25) is 14.6 Å². The fourth-order valence-electron chi connectivity index (χ4n) is 2.31. The number of aromatic nitrogens is 2. The predicted molar refractivity (Wildman–Crippen MR) is 80.4 cm³/mol.